The molecule has 0 aliphatic heterocycles. The number of aromatic nitrogens is 2. The smallest absolute Gasteiger partial charge is 0.330 e. The van der Waals surface area contributed by atoms with Crippen LogP contribution in [0.5, 0.6) is 0 Å². The summed E-state index contributed by atoms with van der Waals surface area (Å²) in [5.41, 5.74) is 5.40. The van der Waals surface area contributed by atoms with Crippen molar-refractivity contribution in [3.8, 4) is 0 Å². The molecule has 0 saturated heterocycles. The van der Waals surface area contributed by atoms with Crippen molar-refractivity contribution >= 4 is 33.3 Å². The molecule has 1 aromatic carbocycles. The van der Waals surface area contributed by atoms with Crippen LogP contribution in [-0.4, -0.2) is 22.0 Å². The van der Waals surface area contributed by atoms with Crippen LogP contribution >= 0.6 is 15.9 Å². The summed E-state index contributed by atoms with van der Waals surface area (Å²) in [5.74, 6) is -0.251. The molecule has 0 unspecified atom stereocenters. The predicted octanol–water partition coefficient (Wildman–Crippen LogP) is 2.98. The van der Waals surface area contributed by atoms with Gasteiger partial charge in [-0.3, -0.25) is 19.1 Å². The molecule has 7 nitrogen and oxygen atoms in total. The maximum Gasteiger partial charge on any atom is 0.330 e. The molecule has 0 aliphatic rings. The number of nitrogens with two attached hydrogens (primary N) is 1. The first-order valence-corrected chi connectivity index (χ1v) is 9.76. The molecule has 1 amide bonds. The van der Waals surface area contributed by atoms with Crippen molar-refractivity contribution in [2.45, 2.75) is 40.2 Å². The number of H-pyrrole nitrogens is 1. The molecule has 27 heavy (non-hydrogen) atoms. The lowest BCUT2D eigenvalue weighted by Gasteiger charge is -2.26. The number of anilines is 2. The van der Waals surface area contributed by atoms with Crippen molar-refractivity contribution in [2.24, 2.45) is 5.92 Å². The summed E-state index contributed by atoms with van der Waals surface area (Å²) in [6, 6.07) is 6.99. The fraction of sp³-hybridized carbons (Fsp3) is 0.421. The standard InChI is InChI=1S/C19H25BrN4O3/c1-4-5-10-23-16(21)15(17(25)22-19(23)27)24(11-12(2)3)18(26)13-8-6-7-9-14(13)20/h6-9,12H,4-5,10-11,21H2,1-3H3,(H,22,25,27). The summed E-state index contributed by atoms with van der Waals surface area (Å²) < 4.78 is 1.94. The number of hydrogen-bond acceptors (Lipinski definition) is 4. The minimum absolute atomic E-state index is 0.0123. The van der Waals surface area contributed by atoms with Crippen LogP contribution in [0.1, 0.15) is 44.0 Å². The van der Waals surface area contributed by atoms with Crippen LogP contribution in [0.3, 0.4) is 0 Å². The van der Waals surface area contributed by atoms with Gasteiger partial charge in [-0.05, 0) is 40.4 Å². The number of benzene rings is 1. The van der Waals surface area contributed by atoms with Gasteiger partial charge in [-0.15, -0.1) is 0 Å². The third-order valence-electron chi connectivity index (χ3n) is 4.12. The minimum atomic E-state index is -0.661. The number of unbranched alkanes of at least 4 members (excludes halogenated alkanes) is 1. The van der Waals surface area contributed by atoms with E-state index in [0.717, 1.165) is 12.8 Å². The molecule has 3 N–H and O–H groups in total. The van der Waals surface area contributed by atoms with Crippen molar-refractivity contribution in [3.63, 3.8) is 0 Å². The molecule has 2 aromatic rings. The first-order valence-electron chi connectivity index (χ1n) is 8.96. The van der Waals surface area contributed by atoms with Gasteiger partial charge in [-0.2, -0.15) is 0 Å². The number of nitrogens with one attached hydrogen (secondary N) is 1. The van der Waals surface area contributed by atoms with Crippen LogP contribution in [0.4, 0.5) is 11.5 Å². The van der Waals surface area contributed by atoms with Crippen molar-refractivity contribution in [1.82, 2.24) is 9.55 Å². The SMILES string of the molecule is CCCCn1c(N)c(N(CC(C)C)C(=O)c2ccccc2Br)c(=O)[nH]c1=O. The van der Waals surface area contributed by atoms with Gasteiger partial charge in [0.15, 0.2) is 5.69 Å². The molecule has 1 heterocycles. The molecule has 0 saturated carbocycles. The van der Waals surface area contributed by atoms with Gasteiger partial charge in [0.1, 0.15) is 5.82 Å². The van der Waals surface area contributed by atoms with E-state index in [4.69, 9.17) is 5.73 Å². The van der Waals surface area contributed by atoms with E-state index in [0.29, 0.717) is 23.1 Å². The zero-order chi connectivity index (χ0) is 20.1. The average Bonchev–Trinajstić information content (AvgIpc) is 2.60. The molecule has 0 radical (unpaired) electrons. The highest BCUT2D eigenvalue weighted by Crippen LogP contribution is 2.24. The van der Waals surface area contributed by atoms with Crippen LogP contribution in [0.25, 0.3) is 0 Å². The molecule has 2 rings (SSSR count). The quantitative estimate of drug-likeness (QED) is 0.696. The van der Waals surface area contributed by atoms with Crippen LogP contribution in [0, 0.1) is 5.92 Å². The van der Waals surface area contributed by atoms with Crippen molar-refractivity contribution in [3.05, 3.63) is 55.1 Å². The Labute approximate surface area is 166 Å². The monoisotopic (exact) mass is 436 g/mol. The van der Waals surface area contributed by atoms with Gasteiger partial charge < -0.3 is 10.6 Å². The first-order chi connectivity index (χ1) is 12.8. The van der Waals surface area contributed by atoms with Gasteiger partial charge in [-0.1, -0.05) is 39.3 Å². The first kappa shape index (κ1) is 21.0. The number of hydrogen-bond donors (Lipinski definition) is 2. The van der Waals surface area contributed by atoms with Gasteiger partial charge in [0.05, 0.1) is 5.56 Å². The van der Waals surface area contributed by atoms with Crippen LogP contribution < -0.4 is 21.9 Å². The highest BCUT2D eigenvalue weighted by Gasteiger charge is 2.26. The van der Waals surface area contributed by atoms with E-state index in [1.165, 1.54) is 9.47 Å². The fourth-order valence-electron chi connectivity index (χ4n) is 2.80. The summed E-state index contributed by atoms with van der Waals surface area (Å²) in [4.78, 5) is 41.6. The van der Waals surface area contributed by atoms with Gasteiger partial charge >= 0.3 is 5.69 Å². The third-order valence-corrected chi connectivity index (χ3v) is 4.81. The number of carbonyl (C=O) groups excluding carboxylic acids is 1. The van der Waals surface area contributed by atoms with Gasteiger partial charge in [-0.25, -0.2) is 4.79 Å². The highest BCUT2D eigenvalue weighted by atomic mass is 79.9. The van der Waals surface area contributed by atoms with Crippen LogP contribution in [0.2, 0.25) is 0 Å². The lowest BCUT2D eigenvalue weighted by atomic mass is 10.1. The van der Waals surface area contributed by atoms with Crippen LogP contribution in [-0.2, 0) is 6.54 Å². The highest BCUT2D eigenvalue weighted by molar-refractivity contribution is 9.10. The van der Waals surface area contributed by atoms with E-state index in [9.17, 15) is 14.4 Å². The molecule has 8 heteroatoms. The van der Waals surface area contributed by atoms with Crippen molar-refractivity contribution in [1.29, 1.82) is 0 Å². The lowest BCUT2D eigenvalue weighted by Crippen LogP contribution is -2.42. The van der Waals surface area contributed by atoms with E-state index in [-0.39, 0.29) is 23.3 Å². The summed E-state index contributed by atoms with van der Waals surface area (Å²) in [6.07, 6.45) is 1.60. The number of nitrogen functional groups attached to an aromatic ring is 1. The van der Waals surface area contributed by atoms with Crippen LogP contribution in [0.15, 0.2) is 38.3 Å². The number of rotatable bonds is 7. The second-order valence-electron chi connectivity index (χ2n) is 6.79. The van der Waals surface area contributed by atoms with E-state index in [2.05, 4.69) is 20.9 Å². The second kappa shape index (κ2) is 9.03. The predicted molar refractivity (Wildman–Crippen MR) is 111 cm³/mol. The number of amides is 1. The zero-order valence-corrected chi connectivity index (χ0v) is 17.4. The summed E-state index contributed by atoms with van der Waals surface area (Å²) in [6.45, 7) is 6.55. The maximum absolute atomic E-state index is 13.2. The Bertz CT molecular complexity index is 933. The average molecular weight is 437 g/mol. The number of aromatic amines is 1. The topological polar surface area (TPSA) is 101 Å². The van der Waals surface area contributed by atoms with Gasteiger partial charge in [0, 0.05) is 17.6 Å². The Hall–Kier alpha value is -2.35. The molecule has 0 aliphatic carbocycles. The van der Waals surface area contributed by atoms with Gasteiger partial charge in [0.2, 0.25) is 0 Å². The second-order valence-corrected chi connectivity index (χ2v) is 7.64. The number of carbonyl (C=O) groups is 1. The van der Waals surface area contributed by atoms with E-state index >= 15 is 0 Å². The normalized spacial score (nSPS) is 11.0. The van der Waals surface area contributed by atoms with Crippen molar-refractivity contribution < 1.29 is 4.79 Å². The Balaban J connectivity index is 2.64. The minimum Gasteiger partial charge on any atom is -0.383 e. The number of halogens is 1. The molecular formula is C19H25BrN4O3. The molecule has 146 valence electrons. The maximum atomic E-state index is 13.2. The van der Waals surface area contributed by atoms with E-state index in [1.54, 1.807) is 24.3 Å². The molecule has 0 atom stereocenters. The summed E-state index contributed by atoms with van der Waals surface area (Å²) in [7, 11) is 0. The molecule has 0 spiro atoms. The van der Waals surface area contributed by atoms with Crippen molar-refractivity contribution in [2.75, 3.05) is 17.2 Å². The third kappa shape index (κ3) is 4.68. The summed E-state index contributed by atoms with van der Waals surface area (Å²) in [5, 5.41) is 0. The fourth-order valence-corrected chi connectivity index (χ4v) is 3.25. The largest absolute Gasteiger partial charge is 0.383 e. The van der Waals surface area contributed by atoms with E-state index in [1.807, 2.05) is 20.8 Å². The molecule has 0 fully saturated rings. The number of nitrogens with zero attached hydrogens (tertiary/aromatic N) is 2. The Morgan fingerprint density at radius 3 is 2.56 bits per heavy atom. The lowest BCUT2D eigenvalue weighted by molar-refractivity contribution is 0.0982. The Morgan fingerprint density at radius 1 is 1.30 bits per heavy atom. The summed E-state index contributed by atoms with van der Waals surface area (Å²) >= 11 is 3.38. The Kier molecular flexibility index (Phi) is 7.01. The Morgan fingerprint density at radius 2 is 1.96 bits per heavy atom. The molecule has 1 aromatic heterocycles. The van der Waals surface area contributed by atoms with Gasteiger partial charge in [0.25, 0.3) is 11.5 Å². The molecule has 0 bridgehead atoms. The zero-order valence-electron chi connectivity index (χ0n) is 15.8. The molecular weight excluding hydrogens is 412 g/mol. The van der Waals surface area contributed by atoms with E-state index < -0.39 is 11.2 Å².